The number of hydrogen-bond acceptors (Lipinski definition) is 3. The standard InChI is InChI=1S/C19H26N4/c1-18(2)11-13-23(14-12-18)17-21-20-16(22(17)3)19(9-10-19)15-7-5-4-6-8-15/h4-8H,9-14H2,1-3H3. The number of anilines is 1. The van der Waals surface area contributed by atoms with Crippen LogP contribution in [0.3, 0.4) is 0 Å². The third kappa shape index (κ3) is 2.44. The molecular formula is C19H26N4. The average molecular weight is 310 g/mol. The smallest absolute Gasteiger partial charge is 0.226 e. The molecule has 1 aliphatic heterocycles. The molecule has 4 nitrogen and oxygen atoms in total. The maximum atomic E-state index is 4.61. The first-order chi connectivity index (χ1) is 11.0. The largest absolute Gasteiger partial charge is 0.341 e. The van der Waals surface area contributed by atoms with E-state index in [2.05, 4.69) is 70.9 Å². The lowest BCUT2D eigenvalue weighted by Gasteiger charge is -2.37. The predicted molar refractivity (Wildman–Crippen MR) is 92.7 cm³/mol. The molecule has 4 heteroatoms. The molecule has 0 radical (unpaired) electrons. The highest BCUT2D eigenvalue weighted by Gasteiger charge is 2.50. The molecule has 1 aromatic carbocycles. The maximum Gasteiger partial charge on any atom is 0.226 e. The third-order valence-corrected chi connectivity index (χ3v) is 5.76. The van der Waals surface area contributed by atoms with Gasteiger partial charge < -0.3 is 4.90 Å². The molecular weight excluding hydrogens is 284 g/mol. The Morgan fingerprint density at radius 2 is 1.57 bits per heavy atom. The van der Waals surface area contributed by atoms with Crippen LogP contribution in [0.4, 0.5) is 5.95 Å². The van der Waals surface area contributed by atoms with Crippen LogP contribution < -0.4 is 4.90 Å². The Bertz CT molecular complexity index is 687. The predicted octanol–water partition coefficient (Wildman–Crippen LogP) is 3.52. The highest BCUT2D eigenvalue weighted by Crippen LogP contribution is 2.53. The molecule has 0 N–H and O–H groups in total. The van der Waals surface area contributed by atoms with Gasteiger partial charge in [-0.05, 0) is 36.7 Å². The minimum absolute atomic E-state index is 0.0936. The van der Waals surface area contributed by atoms with Crippen molar-refractivity contribution in [1.29, 1.82) is 0 Å². The summed E-state index contributed by atoms with van der Waals surface area (Å²) in [7, 11) is 2.13. The maximum absolute atomic E-state index is 4.61. The van der Waals surface area contributed by atoms with Crippen molar-refractivity contribution in [3.8, 4) is 0 Å². The Labute approximate surface area is 138 Å². The normalized spacial score (nSPS) is 22.1. The summed E-state index contributed by atoms with van der Waals surface area (Å²) < 4.78 is 2.23. The molecule has 2 heterocycles. The molecule has 1 saturated carbocycles. The van der Waals surface area contributed by atoms with E-state index in [0.717, 1.165) is 24.9 Å². The fourth-order valence-electron chi connectivity index (χ4n) is 3.85. The number of aromatic nitrogens is 3. The van der Waals surface area contributed by atoms with Gasteiger partial charge in [0.25, 0.3) is 0 Å². The first-order valence-electron chi connectivity index (χ1n) is 8.72. The molecule has 2 aromatic rings. The van der Waals surface area contributed by atoms with Crippen LogP contribution in [0.5, 0.6) is 0 Å². The average Bonchev–Trinajstić information content (AvgIpc) is 3.26. The van der Waals surface area contributed by atoms with Crippen LogP contribution in [0.2, 0.25) is 0 Å². The van der Waals surface area contributed by atoms with Gasteiger partial charge in [0.1, 0.15) is 5.82 Å². The summed E-state index contributed by atoms with van der Waals surface area (Å²) in [6.45, 7) is 6.89. The number of piperidine rings is 1. The first-order valence-corrected chi connectivity index (χ1v) is 8.72. The van der Waals surface area contributed by atoms with Gasteiger partial charge in [-0.3, -0.25) is 4.57 Å². The summed E-state index contributed by atoms with van der Waals surface area (Å²) in [4.78, 5) is 2.41. The van der Waals surface area contributed by atoms with Crippen molar-refractivity contribution < 1.29 is 0 Å². The van der Waals surface area contributed by atoms with Gasteiger partial charge in [-0.2, -0.15) is 0 Å². The van der Waals surface area contributed by atoms with Gasteiger partial charge >= 0.3 is 0 Å². The molecule has 2 fully saturated rings. The second-order valence-corrected chi connectivity index (χ2v) is 7.98. The van der Waals surface area contributed by atoms with Gasteiger partial charge in [0.05, 0.1) is 5.41 Å². The van der Waals surface area contributed by atoms with Gasteiger partial charge in [0.2, 0.25) is 5.95 Å². The van der Waals surface area contributed by atoms with Crippen molar-refractivity contribution in [2.24, 2.45) is 12.5 Å². The fourth-order valence-corrected chi connectivity index (χ4v) is 3.85. The monoisotopic (exact) mass is 310 g/mol. The van der Waals surface area contributed by atoms with Crippen LogP contribution in [0.25, 0.3) is 0 Å². The van der Waals surface area contributed by atoms with E-state index < -0.39 is 0 Å². The molecule has 122 valence electrons. The lowest BCUT2D eigenvalue weighted by molar-refractivity contribution is 0.277. The fraction of sp³-hybridized carbons (Fsp3) is 0.579. The topological polar surface area (TPSA) is 34.0 Å². The Balaban J connectivity index is 1.62. The van der Waals surface area contributed by atoms with Crippen LogP contribution in [-0.4, -0.2) is 27.9 Å². The molecule has 0 spiro atoms. The summed E-state index contributed by atoms with van der Waals surface area (Å²) in [6, 6.07) is 10.8. The van der Waals surface area contributed by atoms with Crippen LogP contribution in [0, 0.1) is 5.41 Å². The Morgan fingerprint density at radius 3 is 2.17 bits per heavy atom. The number of benzene rings is 1. The highest BCUT2D eigenvalue weighted by atomic mass is 15.4. The van der Waals surface area contributed by atoms with Crippen LogP contribution >= 0.6 is 0 Å². The molecule has 0 bridgehead atoms. The van der Waals surface area contributed by atoms with Gasteiger partial charge in [-0.1, -0.05) is 44.2 Å². The van der Waals surface area contributed by atoms with E-state index in [0.29, 0.717) is 5.41 Å². The Hall–Kier alpha value is -1.84. The van der Waals surface area contributed by atoms with Gasteiger partial charge in [0, 0.05) is 20.1 Å². The minimum Gasteiger partial charge on any atom is -0.341 e. The van der Waals surface area contributed by atoms with Crippen molar-refractivity contribution in [1.82, 2.24) is 14.8 Å². The minimum atomic E-state index is 0.0936. The molecule has 0 atom stereocenters. The summed E-state index contributed by atoms with van der Waals surface area (Å²) in [6.07, 6.45) is 4.80. The highest BCUT2D eigenvalue weighted by molar-refractivity contribution is 5.43. The van der Waals surface area contributed by atoms with Gasteiger partial charge in [0.15, 0.2) is 0 Å². The number of nitrogens with zero attached hydrogens (tertiary/aromatic N) is 4. The zero-order chi connectivity index (χ0) is 16.1. The SMILES string of the molecule is Cn1c(N2CCC(C)(C)CC2)nnc1C1(c2ccccc2)CC1. The summed E-state index contributed by atoms with van der Waals surface area (Å²) >= 11 is 0. The van der Waals surface area contributed by atoms with E-state index in [1.54, 1.807) is 0 Å². The van der Waals surface area contributed by atoms with E-state index >= 15 is 0 Å². The van der Waals surface area contributed by atoms with Crippen LogP contribution in [0.1, 0.15) is 50.9 Å². The van der Waals surface area contributed by atoms with Crippen LogP contribution in [-0.2, 0) is 12.5 Å². The Kier molecular flexibility index (Phi) is 3.26. The van der Waals surface area contributed by atoms with Crippen molar-refractivity contribution in [3.05, 3.63) is 41.7 Å². The molecule has 1 saturated heterocycles. The third-order valence-electron chi connectivity index (χ3n) is 5.76. The van der Waals surface area contributed by atoms with Crippen molar-refractivity contribution >= 4 is 5.95 Å². The van der Waals surface area contributed by atoms with E-state index in [4.69, 9.17) is 0 Å². The molecule has 23 heavy (non-hydrogen) atoms. The molecule has 2 aliphatic rings. The molecule has 1 aromatic heterocycles. The number of hydrogen-bond donors (Lipinski definition) is 0. The lowest BCUT2D eigenvalue weighted by atomic mass is 9.83. The quantitative estimate of drug-likeness (QED) is 0.870. The van der Waals surface area contributed by atoms with Crippen molar-refractivity contribution in [3.63, 3.8) is 0 Å². The van der Waals surface area contributed by atoms with E-state index in [-0.39, 0.29) is 5.41 Å². The summed E-state index contributed by atoms with van der Waals surface area (Å²) in [5.41, 5.74) is 1.93. The van der Waals surface area contributed by atoms with Gasteiger partial charge in [-0.25, -0.2) is 0 Å². The molecule has 4 rings (SSSR count). The van der Waals surface area contributed by atoms with Gasteiger partial charge in [-0.15, -0.1) is 10.2 Å². The Morgan fingerprint density at radius 1 is 0.913 bits per heavy atom. The van der Waals surface area contributed by atoms with E-state index in [1.807, 2.05) is 0 Å². The zero-order valence-electron chi connectivity index (χ0n) is 14.4. The molecule has 0 amide bonds. The van der Waals surface area contributed by atoms with Crippen molar-refractivity contribution in [2.45, 2.75) is 44.9 Å². The summed E-state index contributed by atoms with van der Waals surface area (Å²) in [5.74, 6) is 2.17. The number of rotatable bonds is 3. The second kappa shape index (κ2) is 5.08. The first kappa shape index (κ1) is 14.7. The molecule has 1 aliphatic carbocycles. The zero-order valence-corrected chi connectivity index (χ0v) is 14.4. The van der Waals surface area contributed by atoms with Crippen LogP contribution in [0.15, 0.2) is 30.3 Å². The van der Waals surface area contributed by atoms with E-state index in [9.17, 15) is 0 Å². The molecule has 0 unspecified atom stereocenters. The van der Waals surface area contributed by atoms with Crippen molar-refractivity contribution in [2.75, 3.05) is 18.0 Å². The van der Waals surface area contributed by atoms with E-state index in [1.165, 1.54) is 31.2 Å². The summed E-state index contributed by atoms with van der Waals surface area (Å²) in [5, 5.41) is 9.17. The lowest BCUT2D eigenvalue weighted by Crippen LogP contribution is -2.38. The second-order valence-electron chi connectivity index (χ2n) is 7.98.